The number of aromatic nitrogens is 1. The van der Waals surface area contributed by atoms with Crippen LogP contribution in [0.15, 0.2) is 87.3 Å². The number of carbonyl (C=O) groups is 1. The predicted octanol–water partition coefficient (Wildman–Crippen LogP) is 4.56. The zero-order valence-corrected chi connectivity index (χ0v) is 20.4. The third-order valence-corrected chi connectivity index (χ3v) is 7.92. The number of anilines is 1. The van der Waals surface area contributed by atoms with E-state index in [-0.39, 0.29) is 16.0 Å². The average molecular weight is 498 g/mol. The molecule has 0 saturated carbocycles. The maximum atomic E-state index is 13.3. The van der Waals surface area contributed by atoms with Crippen LogP contribution in [0.5, 0.6) is 5.75 Å². The number of carbonyl (C=O) groups excluding carboxylic acids is 1. The molecule has 0 aliphatic heterocycles. The Balaban J connectivity index is 1.64. The molecular formula is C24H23N3O5S2. The zero-order chi connectivity index (χ0) is 24.3. The Labute approximate surface area is 202 Å². The van der Waals surface area contributed by atoms with E-state index in [0.29, 0.717) is 22.5 Å². The van der Waals surface area contributed by atoms with Gasteiger partial charge in [0.1, 0.15) is 16.5 Å². The molecule has 1 unspecified atom stereocenters. The molecule has 0 bridgehead atoms. The van der Waals surface area contributed by atoms with Crippen molar-refractivity contribution in [3.05, 3.63) is 78.4 Å². The number of nitrogens with one attached hydrogen (secondary N) is 1. The van der Waals surface area contributed by atoms with E-state index in [1.165, 1.54) is 26.2 Å². The van der Waals surface area contributed by atoms with Gasteiger partial charge in [-0.1, -0.05) is 36.4 Å². The van der Waals surface area contributed by atoms with Gasteiger partial charge in [-0.3, -0.25) is 4.79 Å². The Morgan fingerprint density at radius 2 is 1.82 bits per heavy atom. The number of nitrogens with zero attached hydrogens (tertiary/aromatic N) is 2. The Morgan fingerprint density at radius 3 is 2.53 bits per heavy atom. The van der Waals surface area contributed by atoms with Gasteiger partial charge in [0.05, 0.1) is 12.0 Å². The fourth-order valence-corrected chi connectivity index (χ4v) is 5.09. The van der Waals surface area contributed by atoms with Gasteiger partial charge >= 0.3 is 0 Å². The number of methoxy groups -OCH3 is 1. The summed E-state index contributed by atoms with van der Waals surface area (Å²) in [6, 6.07) is 20.9. The van der Waals surface area contributed by atoms with Crippen LogP contribution in [0.2, 0.25) is 0 Å². The summed E-state index contributed by atoms with van der Waals surface area (Å²) in [5.74, 6) is 0.367. The van der Waals surface area contributed by atoms with Gasteiger partial charge in [-0.15, -0.1) is 0 Å². The van der Waals surface area contributed by atoms with Crippen molar-refractivity contribution in [3.8, 4) is 5.75 Å². The van der Waals surface area contributed by atoms with E-state index in [9.17, 15) is 13.2 Å². The van der Waals surface area contributed by atoms with E-state index >= 15 is 0 Å². The molecule has 0 aliphatic rings. The lowest BCUT2D eigenvalue weighted by Gasteiger charge is -2.15. The van der Waals surface area contributed by atoms with Gasteiger partial charge in [-0.05, 0) is 47.7 Å². The van der Waals surface area contributed by atoms with Gasteiger partial charge in [0.2, 0.25) is 15.9 Å². The first-order valence-electron chi connectivity index (χ1n) is 10.3. The van der Waals surface area contributed by atoms with Crippen LogP contribution < -0.4 is 10.1 Å². The van der Waals surface area contributed by atoms with E-state index in [2.05, 4.69) is 10.3 Å². The molecule has 0 radical (unpaired) electrons. The summed E-state index contributed by atoms with van der Waals surface area (Å²) in [6.07, 6.45) is 0. The van der Waals surface area contributed by atoms with Crippen LogP contribution in [0, 0.1) is 0 Å². The van der Waals surface area contributed by atoms with E-state index < -0.39 is 15.3 Å². The smallest absolute Gasteiger partial charge is 0.257 e. The maximum absolute atomic E-state index is 13.3. The lowest BCUT2D eigenvalue weighted by atomic mass is 10.1. The number of oxazole rings is 1. The van der Waals surface area contributed by atoms with E-state index in [0.717, 1.165) is 21.6 Å². The van der Waals surface area contributed by atoms with Crippen LogP contribution in [0.3, 0.4) is 0 Å². The molecule has 1 aromatic heterocycles. The molecule has 4 aromatic rings. The minimum Gasteiger partial charge on any atom is -0.497 e. The van der Waals surface area contributed by atoms with Crippen molar-refractivity contribution in [2.75, 3.05) is 26.5 Å². The van der Waals surface area contributed by atoms with E-state index in [1.807, 2.05) is 30.3 Å². The van der Waals surface area contributed by atoms with Crippen molar-refractivity contribution >= 4 is 44.5 Å². The van der Waals surface area contributed by atoms with Gasteiger partial charge in [-0.25, -0.2) is 17.7 Å². The van der Waals surface area contributed by atoms with Crippen molar-refractivity contribution in [2.24, 2.45) is 0 Å². The number of ether oxygens (including phenoxy) is 1. The number of amides is 1. The second-order valence-electron chi connectivity index (χ2n) is 7.53. The first-order valence-corrected chi connectivity index (χ1v) is 12.6. The highest BCUT2D eigenvalue weighted by Crippen LogP contribution is 2.37. The molecule has 1 atom stereocenters. The Hall–Kier alpha value is -3.34. The molecule has 0 spiro atoms. The van der Waals surface area contributed by atoms with Crippen molar-refractivity contribution < 1.29 is 22.4 Å². The topological polar surface area (TPSA) is 102 Å². The third-order valence-electron chi connectivity index (χ3n) is 5.01. The van der Waals surface area contributed by atoms with E-state index in [4.69, 9.17) is 9.15 Å². The number of fused-ring (bicyclic) bond motifs is 1. The lowest BCUT2D eigenvalue weighted by Crippen LogP contribution is -2.22. The third kappa shape index (κ3) is 5.09. The summed E-state index contributed by atoms with van der Waals surface area (Å²) in [4.78, 5) is 17.8. The summed E-state index contributed by atoms with van der Waals surface area (Å²) < 4.78 is 37.1. The van der Waals surface area contributed by atoms with Gasteiger partial charge < -0.3 is 14.5 Å². The predicted molar refractivity (Wildman–Crippen MR) is 132 cm³/mol. The highest BCUT2D eigenvalue weighted by molar-refractivity contribution is 8.00. The van der Waals surface area contributed by atoms with Gasteiger partial charge in [0.25, 0.3) is 5.22 Å². The lowest BCUT2D eigenvalue weighted by molar-refractivity contribution is -0.115. The van der Waals surface area contributed by atoms with Crippen molar-refractivity contribution in [3.63, 3.8) is 0 Å². The molecule has 10 heteroatoms. The molecule has 1 N–H and O–H groups in total. The molecule has 0 fully saturated rings. The quantitative estimate of drug-likeness (QED) is 0.356. The summed E-state index contributed by atoms with van der Waals surface area (Å²) in [5, 5.41) is 2.51. The molecular weight excluding hydrogens is 474 g/mol. The summed E-state index contributed by atoms with van der Waals surface area (Å²) in [7, 11) is 0.888. The van der Waals surface area contributed by atoms with Crippen LogP contribution in [-0.2, 0) is 14.8 Å². The Kier molecular flexibility index (Phi) is 6.92. The summed E-state index contributed by atoms with van der Waals surface area (Å²) in [5.41, 5.74) is 2.19. The number of thioether (sulfide) groups is 1. The average Bonchev–Trinajstić information content (AvgIpc) is 3.25. The fourth-order valence-electron chi connectivity index (χ4n) is 3.22. The largest absolute Gasteiger partial charge is 0.497 e. The molecule has 8 nitrogen and oxygen atoms in total. The molecule has 1 heterocycles. The molecule has 176 valence electrons. The summed E-state index contributed by atoms with van der Waals surface area (Å²) in [6.45, 7) is 0. The Bertz CT molecular complexity index is 1420. The normalized spacial score (nSPS) is 12.6. The zero-order valence-electron chi connectivity index (χ0n) is 18.8. The number of benzene rings is 3. The number of hydrogen-bond donors (Lipinski definition) is 1. The molecule has 0 aliphatic carbocycles. The second-order valence-corrected chi connectivity index (χ2v) is 10.7. The first-order chi connectivity index (χ1) is 16.3. The van der Waals surface area contributed by atoms with Crippen LogP contribution >= 0.6 is 11.8 Å². The SMILES string of the molecule is COc1cccc(NC(=O)C(Sc2nc3cc(S(=O)(=O)N(C)C)ccc3o2)c2ccccc2)c1. The highest BCUT2D eigenvalue weighted by atomic mass is 32.2. The standard InChI is InChI=1S/C24H23N3O5S2/c1-27(2)34(29,30)19-12-13-21-20(15-19)26-24(32-21)33-22(16-8-5-4-6-9-16)23(28)25-17-10-7-11-18(14-17)31-3/h4-15,22H,1-3H3,(H,25,28). The molecule has 1 amide bonds. The number of rotatable bonds is 8. The minimum absolute atomic E-state index is 0.116. The van der Waals surface area contributed by atoms with Crippen molar-refractivity contribution in [2.45, 2.75) is 15.4 Å². The first kappa shape index (κ1) is 23.8. The molecule has 4 rings (SSSR count). The fraction of sp³-hybridized carbons (Fsp3) is 0.167. The minimum atomic E-state index is -3.61. The number of sulfonamides is 1. The second kappa shape index (κ2) is 9.88. The number of hydrogen-bond acceptors (Lipinski definition) is 7. The van der Waals surface area contributed by atoms with Gasteiger partial charge in [0.15, 0.2) is 5.58 Å². The summed E-state index contributed by atoms with van der Waals surface area (Å²) >= 11 is 1.14. The van der Waals surface area contributed by atoms with Gasteiger partial charge in [0, 0.05) is 25.8 Å². The highest BCUT2D eigenvalue weighted by Gasteiger charge is 2.26. The Morgan fingerprint density at radius 1 is 1.06 bits per heavy atom. The maximum Gasteiger partial charge on any atom is 0.257 e. The van der Waals surface area contributed by atoms with Crippen LogP contribution in [0.1, 0.15) is 10.8 Å². The molecule has 34 heavy (non-hydrogen) atoms. The van der Waals surface area contributed by atoms with Crippen molar-refractivity contribution in [1.29, 1.82) is 0 Å². The van der Waals surface area contributed by atoms with Crippen LogP contribution in [-0.4, -0.2) is 44.8 Å². The monoisotopic (exact) mass is 497 g/mol. The molecule has 3 aromatic carbocycles. The van der Waals surface area contributed by atoms with Crippen LogP contribution in [0.25, 0.3) is 11.1 Å². The van der Waals surface area contributed by atoms with Crippen molar-refractivity contribution in [1.82, 2.24) is 9.29 Å². The van der Waals surface area contributed by atoms with Gasteiger partial charge in [-0.2, -0.15) is 0 Å². The molecule has 0 saturated heterocycles. The van der Waals surface area contributed by atoms with E-state index in [1.54, 1.807) is 37.4 Å². The van der Waals surface area contributed by atoms with Crippen LogP contribution in [0.4, 0.5) is 5.69 Å².